The molecule has 0 bridgehead atoms. The van der Waals surface area contributed by atoms with E-state index in [4.69, 9.17) is 14.2 Å². The quantitative estimate of drug-likeness (QED) is 0.201. The lowest BCUT2D eigenvalue weighted by atomic mass is 9.92. The number of methoxy groups -OCH3 is 2. The van der Waals surface area contributed by atoms with Crippen LogP contribution in [0.4, 0.5) is 4.79 Å². The standard InChI is InChI=1S/C36H41NO6Si/c1-36(2,44(40,30-17-11-7-12-18-30)31-19-13-8-14-20-31)25-32(38)34(42-5)33(28-21-23-29(41-4)24-22-28)37(3)35(39)43-26-27-15-9-6-10-16-27/h6-24,33-34,40H,25-26H2,1-5H3/t33-,34+/m1/s1. The number of Topliss-reactive ketones (excluding diaryl/α,β-unsaturated/α-hetero) is 1. The topological polar surface area (TPSA) is 85.3 Å². The molecule has 0 spiro atoms. The van der Waals surface area contributed by atoms with E-state index in [0.717, 1.165) is 15.9 Å². The molecule has 0 saturated heterocycles. The average molecular weight is 612 g/mol. The second kappa shape index (κ2) is 14.5. The molecule has 4 aromatic rings. The number of nitrogens with zero attached hydrogens (tertiary/aromatic N) is 1. The minimum absolute atomic E-state index is 0.0115. The van der Waals surface area contributed by atoms with Crippen LogP contribution in [0.5, 0.6) is 5.75 Å². The number of amides is 1. The van der Waals surface area contributed by atoms with Crippen molar-refractivity contribution in [2.45, 2.75) is 44.1 Å². The number of hydrogen-bond acceptors (Lipinski definition) is 6. The number of carbonyl (C=O) groups is 2. The molecule has 0 aliphatic heterocycles. The number of carbonyl (C=O) groups excluding carboxylic acids is 2. The fourth-order valence-electron chi connectivity index (χ4n) is 5.74. The van der Waals surface area contributed by atoms with Crippen LogP contribution in [0.25, 0.3) is 0 Å². The Kier molecular flexibility index (Phi) is 10.8. The molecule has 0 radical (unpaired) electrons. The van der Waals surface area contributed by atoms with Crippen molar-refractivity contribution < 1.29 is 28.6 Å². The summed E-state index contributed by atoms with van der Waals surface area (Å²) in [4.78, 5) is 41.7. The maximum atomic E-state index is 14.3. The fourth-order valence-corrected chi connectivity index (χ4v) is 9.42. The Morgan fingerprint density at radius 2 is 1.30 bits per heavy atom. The molecule has 1 N–H and O–H groups in total. The summed E-state index contributed by atoms with van der Waals surface area (Å²) in [6.45, 7) is 3.96. The first-order chi connectivity index (χ1) is 21.1. The Balaban J connectivity index is 1.68. The third-order valence-electron chi connectivity index (χ3n) is 8.20. The molecule has 0 aromatic heterocycles. The molecule has 0 unspecified atom stereocenters. The van der Waals surface area contributed by atoms with E-state index in [2.05, 4.69) is 0 Å². The monoisotopic (exact) mass is 611 g/mol. The average Bonchev–Trinajstić information content (AvgIpc) is 3.06. The first-order valence-corrected chi connectivity index (χ1v) is 16.5. The Bertz CT molecular complexity index is 1460. The second-order valence-electron chi connectivity index (χ2n) is 11.5. The largest absolute Gasteiger partial charge is 0.497 e. The highest BCUT2D eigenvalue weighted by molar-refractivity contribution is 6.98. The molecule has 4 aromatic carbocycles. The lowest BCUT2D eigenvalue weighted by molar-refractivity contribution is -0.133. The minimum Gasteiger partial charge on any atom is -0.497 e. The number of benzene rings is 4. The highest BCUT2D eigenvalue weighted by atomic mass is 28.4. The van der Waals surface area contributed by atoms with Crippen LogP contribution < -0.4 is 15.1 Å². The van der Waals surface area contributed by atoms with Gasteiger partial charge in [0.15, 0.2) is 5.78 Å². The van der Waals surface area contributed by atoms with Gasteiger partial charge in [0, 0.05) is 20.6 Å². The molecule has 0 saturated carbocycles. The SMILES string of the molecule is COc1ccc([C@H]([C@@H](OC)C(=O)CC(C)(C)[Si](O)(c2ccccc2)c2ccccc2)N(C)C(=O)OCc2ccccc2)cc1. The van der Waals surface area contributed by atoms with Gasteiger partial charge in [0.1, 0.15) is 18.5 Å². The fraction of sp³-hybridized carbons (Fsp3) is 0.278. The molecule has 7 nitrogen and oxygen atoms in total. The molecule has 1 amide bonds. The molecule has 44 heavy (non-hydrogen) atoms. The molecule has 4 rings (SSSR count). The molecular formula is C36H41NO6Si. The van der Waals surface area contributed by atoms with Gasteiger partial charge in [-0.05, 0) is 38.7 Å². The number of ether oxygens (including phenoxy) is 3. The molecule has 8 heteroatoms. The summed E-state index contributed by atoms with van der Waals surface area (Å²) >= 11 is 0. The summed E-state index contributed by atoms with van der Waals surface area (Å²) in [5.41, 5.74) is 1.53. The second-order valence-corrected chi connectivity index (χ2v) is 15.4. The van der Waals surface area contributed by atoms with Crippen LogP contribution in [0.15, 0.2) is 115 Å². The molecule has 0 aliphatic carbocycles. The van der Waals surface area contributed by atoms with Crippen molar-refractivity contribution in [2.24, 2.45) is 0 Å². The third-order valence-corrected chi connectivity index (χ3v) is 12.7. The summed E-state index contributed by atoms with van der Waals surface area (Å²) in [5, 5.41) is 0.776. The number of likely N-dealkylation sites (N-methyl/N-ethyl adjacent to an activating group) is 1. The zero-order valence-corrected chi connectivity index (χ0v) is 27.0. The zero-order chi connectivity index (χ0) is 31.7. The van der Waals surface area contributed by atoms with Crippen molar-refractivity contribution in [3.63, 3.8) is 0 Å². The molecular weight excluding hydrogens is 570 g/mol. The Morgan fingerprint density at radius 3 is 1.77 bits per heavy atom. The normalized spacial score (nSPS) is 13.0. The molecule has 230 valence electrons. The van der Waals surface area contributed by atoms with Gasteiger partial charge in [0.05, 0.1) is 13.2 Å². The number of hydrogen-bond donors (Lipinski definition) is 1. The summed E-state index contributed by atoms with van der Waals surface area (Å²) in [6.07, 6.45) is -1.62. The van der Waals surface area contributed by atoms with Gasteiger partial charge in [-0.3, -0.25) is 4.79 Å². The van der Waals surface area contributed by atoms with Gasteiger partial charge in [0.2, 0.25) is 0 Å². The third kappa shape index (κ3) is 7.10. The van der Waals surface area contributed by atoms with Crippen LogP contribution in [0, 0.1) is 0 Å². The lowest BCUT2D eigenvalue weighted by Crippen LogP contribution is -2.66. The van der Waals surface area contributed by atoms with E-state index in [0.29, 0.717) is 11.3 Å². The van der Waals surface area contributed by atoms with Crippen molar-refractivity contribution in [2.75, 3.05) is 21.3 Å². The molecule has 2 atom stereocenters. The molecule has 0 heterocycles. The number of rotatable bonds is 13. The van der Waals surface area contributed by atoms with E-state index in [9.17, 15) is 14.4 Å². The van der Waals surface area contributed by atoms with Gasteiger partial charge in [-0.1, -0.05) is 117 Å². The zero-order valence-electron chi connectivity index (χ0n) is 26.0. The van der Waals surface area contributed by atoms with Crippen molar-refractivity contribution in [3.05, 3.63) is 126 Å². The van der Waals surface area contributed by atoms with Crippen LogP contribution in [-0.4, -0.2) is 57.3 Å². The first-order valence-electron chi connectivity index (χ1n) is 14.6. The van der Waals surface area contributed by atoms with E-state index in [-0.39, 0.29) is 18.8 Å². The van der Waals surface area contributed by atoms with Crippen molar-refractivity contribution in [1.82, 2.24) is 4.90 Å². The van der Waals surface area contributed by atoms with E-state index < -0.39 is 31.6 Å². The highest BCUT2D eigenvalue weighted by Crippen LogP contribution is 2.41. The smallest absolute Gasteiger partial charge is 0.410 e. The van der Waals surface area contributed by atoms with Gasteiger partial charge in [-0.25, -0.2) is 4.79 Å². The van der Waals surface area contributed by atoms with Gasteiger partial charge >= 0.3 is 6.09 Å². The minimum atomic E-state index is -3.47. The molecule has 0 fully saturated rings. The van der Waals surface area contributed by atoms with Crippen LogP contribution in [0.3, 0.4) is 0 Å². The first kappa shape index (κ1) is 32.7. The van der Waals surface area contributed by atoms with E-state index in [1.54, 1.807) is 26.3 Å². The maximum absolute atomic E-state index is 14.3. The summed E-state index contributed by atoms with van der Waals surface area (Å²) in [6, 6.07) is 34.9. The Morgan fingerprint density at radius 1 is 0.795 bits per heavy atom. The van der Waals surface area contributed by atoms with E-state index in [1.807, 2.05) is 117 Å². The highest BCUT2D eigenvalue weighted by Gasteiger charge is 2.52. The Hall–Kier alpha value is -4.24. The van der Waals surface area contributed by atoms with Crippen molar-refractivity contribution in [1.29, 1.82) is 0 Å². The van der Waals surface area contributed by atoms with Gasteiger partial charge in [-0.15, -0.1) is 0 Å². The van der Waals surface area contributed by atoms with Gasteiger partial charge in [0.25, 0.3) is 8.32 Å². The summed E-state index contributed by atoms with van der Waals surface area (Å²) in [5.74, 6) is 0.406. The Labute approximate surface area is 261 Å². The van der Waals surface area contributed by atoms with Crippen molar-refractivity contribution >= 4 is 30.6 Å². The summed E-state index contributed by atoms with van der Waals surface area (Å²) < 4.78 is 16.9. The van der Waals surface area contributed by atoms with Crippen molar-refractivity contribution in [3.8, 4) is 5.75 Å². The van der Waals surface area contributed by atoms with Crippen LogP contribution in [-0.2, 0) is 20.9 Å². The van der Waals surface area contributed by atoms with Gasteiger partial charge in [-0.2, -0.15) is 0 Å². The predicted molar refractivity (Wildman–Crippen MR) is 175 cm³/mol. The van der Waals surface area contributed by atoms with E-state index in [1.165, 1.54) is 12.0 Å². The van der Waals surface area contributed by atoms with Crippen LogP contribution in [0.1, 0.15) is 37.4 Å². The number of ketones is 1. The van der Waals surface area contributed by atoms with Gasteiger partial charge < -0.3 is 23.9 Å². The lowest BCUT2D eigenvalue weighted by Gasteiger charge is -2.42. The molecule has 0 aliphatic rings. The summed E-state index contributed by atoms with van der Waals surface area (Å²) in [7, 11) is 1.17. The van der Waals surface area contributed by atoms with E-state index >= 15 is 0 Å². The van der Waals surface area contributed by atoms with Crippen LogP contribution >= 0.6 is 0 Å². The van der Waals surface area contributed by atoms with Crippen LogP contribution in [0.2, 0.25) is 5.04 Å². The maximum Gasteiger partial charge on any atom is 0.410 e. The predicted octanol–water partition coefficient (Wildman–Crippen LogP) is 5.51.